The molecule has 6 heteroatoms. The van der Waals surface area contributed by atoms with Crippen molar-refractivity contribution in [2.24, 2.45) is 11.1 Å². The molecule has 5 rings (SSSR count). The van der Waals surface area contributed by atoms with E-state index in [1.807, 2.05) is 6.07 Å². The van der Waals surface area contributed by atoms with E-state index in [2.05, 4.69) is 41.6 Å². The molecule has 3 aliphatic rings. The van der Waals surface area contributed by atoms with E-state index >= 15 is 0 Å². The summed E-state index contributed by atoms with van der Waals surface area (Å²) in [4.78, 5) is 12.9. The number of aldehydes is 1. The first-order valence-electron chi connectivity index (χ1n) is 12.5. The number of hydrogen-bond acceptors (Lipinski definition) is 4. The summed E-state index contributed by atoms with van der Waals surface area (Å²) in [5, 5.41) is 3.68. The molecule has 0 amide bonds. The highest BCUT2D eigenvalue weighted by Gasteiger charge is 2.37. The number of nitrogens with two attached hydrogens (primary N) is 1. The number of benzene rings is 1. The number of carbonyl (C=O) groups is 1. The Bertz CT molecular complexity index is 1030. The number of hydrogen-bond donors (Lipinski definition) is 2. The minimum absolute atomic E-state index is 0.0302. The number of fused-ring (bicyclic) bond motifs is 3. The van der Waals surface area contributed by atoms with Gasteiger partial charge in [0.1, 0.15) is 0 Å². The van der Waals surface area contributed by atoms with E-state index in [1.165, 1.54) is 68.9 Å². The van der Waals surface area contributed by atoms with Crippen LogP contribution in [0.4, 0.5) is 5.69 Å². The summed E-state index contributed by atoms with van der Waals surface area (Å²) in [6, 6.07) is 6.65. The summed E-state index contributed by atoms with van der Waals surface area (Å²) in [7, 11) is 0.563. The highest BCUT2D eigenvalue weighted by atomic mass is 32.2. The number of rotatable bonds is 4. The zero-order valence-corrected chi connectivity index (χ0v) is 21.2. The van der Waals surface area contributed by atoms with Gasteiger partial charge in [0.15, 0.2) is 6.29 Å². The van der Waals surface area contributed by atoms with Gasteiger partial charge in [-0.2, -0.15) is 0 Å². The van der Waals surface area contributed by atoms with Crippen molar-refractivity contribution in [2.75, 3.05) is 18.1 Å². The van der Waals surface area contributed by atoms with Crippen LogP contribution in [0, 0.1) is 5.41 Å². The van der Waals surface area contributed by atoms with Gasteiger partial charge in [0.2, 0.25) is 0 Å². The molecule has 0 saturated heterocycles. The second-order valence-corrected chi connectivity index (χ2v) is 11.8. The van der Waals surface area contributed by atoms with Crippen molar-refractivity contribution in [1.82, 2.24) is 4.57 Å². The van der Waals surface area contributed by atoms with Gasteiger partial charge in [-0.3, -0.25) is 9.00 Å². The average molecular weight is 470 g/mol. The molecule has 0 bridgehead atoms. The highest BCUT2D eigenvalue weighted by molar-refractivity contribution is 7.85. The molecule has 1 aromatic carbocycles. The lowest BCUT2D eigenvalue weighted by Crippen LogP contribution is -2.30. The standard InChI is InChI=1S/C26H34N2O2S.CH5N/c1-26(2)15-24-25(31(30)17-26)21-10-6-7-11-23(21)28(24)20-13-12-18(16-29)22(14-20)27-19-8-4-3-5-9-19;1-2/h12-14,16,19,27H,3-11,15,17H2,1-2H3;2H2,1H3. The first kappa shape index (κ1) is 24.2. The molecule has 2 aliphatic carbocycles. The molecule has 1 saturated carbocycles. The first-order valence-corrected chi connectivity index (χ1v) is 13.9. The number of nitrogens with zero attached hydrogens (tertiary/aromatic N) is 1. The molecule has 1 atom stereocenters. The van der Waals surface area contributed by atoms with Crippen molar-refractivity contribution in [3.8, 4) is 5.69 Å². The van der Waals surface area contributed by atoms with E-state index in [0.717, 1.165) is 53.1 Å². The lowest BCUT2D eigenvalue weighted by Gasteiger charge is -2.30. The summed E-state index contributed by atoms with van der Waals surface area (Å²) in [5.74, 6) is 0.745. The Morgan fingerprint density at radius 1 is 1.06 bits per heavy atom. The fourth-order valence-electron chi connectivity index (χ4n) is 5.87. The summed E-state index contributed by atoms with van der Waals surface area (Å²) < 4.78 is 15.7. The lowest BCUT2D eigenvalue weighted by atomic mass is 9.89. The molecule has 1 fully saturated rings. The van der Waals surface area contributed by atoms with Crippen LogP contribution >= 0.6 is 0 Å². The topological polar surface area (TPSA) is 77.1 Å². The second-order valence-electron chi connectivity index (χ2n) is 10.4. The summed E-state index contributed by atoms with van der Waals surface area (Å²) >= 11 is 0. The molecule has 33 heavy (non-hydrogen) atoms. The quantitative estimate of drug-likeness (QED) is 0.605. The smallest absolute Gasteiger partial charge is 0.152 e. The number of anilines is 1. The van der Waals surface area contributed by atoms with Gasteiger partial charge in [-0.1, -0.05) is 33.1 Å². The van der Waals surface area contributed by atoms with E-state index in [0.29, 0.717) is 6.04 Å². The molecule has 2 heterocycles. The molecular weight excluding hydrogens is 430 g/mol. The largest absolute Gasteiger partial charge is 0.382 e. The van der Waals surface area contributed by atoms with E-state index in [4.69, 9.17) is 0 Å². The highest BCUT2D eigenvalue weighted by Crippen LogP contribution is 2.42. The van der Waals surface area contributed by atoms with Crippen LogP contribution in [0.1, 0.15) is 86.1 Å². The zero-order valence-electron chi connectivity index (χ0n) is 20.4. The second kappa shape index (κ2) is 10.1. The van der Waals surface area contributed by atoms with E-state index in [9.17, 15) is 9.00 Å². The summed E-state index contributed by atoms with van der Waals surface area (Å²) in [6.45, 7) is 4.46. The molecule has 3 N–H and O–H groups in total. The molecule has 0 spiro atoms. The fourth-order valence-corrected chi connectivity index (χ4v) is 7.75. The summed E-state index contributed by atoms with van der Waals surface area (Å²) in [5.41, 5.74) is 11.3. The van der Waals surface area contributed by atoms with Crippen molar-refractivity contribution in [2.45, 2.75) is 89.0 Å². The van der Waals surface area contributed by atoms with Gasteiger partial charge in [-0.15, -0.1) is 0 Å². The van der Waals surface area contributed by atoms with Crippen LogP contribution in [0.15, 0.2) is 23.1 Å². The third kappa shape index (κ3) is 4.83. The van der Waals surface area contributed by atoms with Crippen molar-refractivity contribution in [1.29, 1.82) is 0 Å². The van der Waals surface area contributed by atoms with Crippen LogP contribution in [0.5, 0.6) is 0 Å². The van der Waals surface area contributed by atoms with Crippen LogP contribution in [-0.2, 0) is 30.1 Å². The van der Waals surface area contributed by atoms with E-state index in [-0.39, 0.29) is 5.41 Å². The Balaban J connectivity index is 0.00000126. The van der Waals surface area contributed by atoms with Gasteiger partial charge in [0.25, 0.3) is 0 Å². The molecule has 1 unspecified atom stereocenters. The normalized spacial score (nSPS) is 21.9. The molecule has 5 nitrogen and oxygen atoms in total. The van der Waals surface area contributed by atoms with Crippen LogP contribution in [-0.4, -0.2) is 33.9 Å². The minimum atomic E-state index is -0.937. The molecule has 0 radical (unpaired) electrons. The van der Waals surface area contributed by atoms with Gasteiger partial charge >= 0.3 is 0 Å². The van der Waals surface area contributed by atoms with Crippen LogP contribution < -0.4 is 11.1 Å². The SMILES string of the molecule is CC1(C)Cc2c(c3c(n2-c2ccc(C=O)c(NC4CCCCC4)c2)CCCC3)S(=O)C1.CN. The molecular formula is C27H39N3O2S. The van der Waals surface area contributed by atoms with Gasteiger partial charge < -0.3 is 15.6 Å². The third-order valence-electron chi connectivity index (χ3n) is 7.30. The number of aromatic nitrogens is 1. The molecule has 1 aromatic heterocycles. The maximum absolute atomic E-state index is 13.3. The monoisotopic (exact) mass is 469 g/mol. The molecule has 180 valence electrons. The van der Waals surface area contributed by atoms with Crippen molar-refractivity contribution >= 4 is 22.8 Å². The van der Waals surface area contributed by atoms with Gasteiger partial charge in [-0.25, -0.2) is 0 Å². The lowest BCUT2D eigenvalue weighted by molar-refractivity contribution is 0.112. The predicted molar refractivity (Wildman–Crippen MR) is 137 cm³/mol. The van der Waals surface area contributed by atoms with Crippen LogP contribution in [0.3, 0.4) is 0 Å². The van der Waals surface area contributed by atoms with Gasteiger partial charge in [0.05, 0.1) is 15.7 Å². The number of nitrogens with one attached hydrogen (secondary N) is 1. The van der Waals surface area contributed by atoms with E-state index in [1.54, 1.807) is 0 Å². The Hall–Kier alpha value is -1.92. The third-order valence-corrected chi connectivity index (χ3v) is 9.28. The van der Waals surface area contributed by atoms with Crippen molar-refractivity contribution < 1.29 is 9.00 Å². The maximum atomic E-state index is 13.3. The molecule has 2 aromatic rings. The van der Waals surface area contributed by atoms with Crippen molar-refractivity contribution in [3.05, 3.63) is 40.7 Å². The Kier molecular flexibility index (Phi) is 7.44. The van der Waals surface area contributed by atoms with Crippen LogP contribution in [0.2, 0.25) is 0 Å². The minimum Gasteiger partial charge on any atom is -0.382 e. The maximum Gasteiger partial charge on any atom is 0.152 e. The van der Waals surface area contributed by atoms with E-state index < -0.39 is 10.8 Å². The Labute approximate surface area is 201 Å². The first-order chi connectivity index (χ1) is 16.0. The van der Waals surface area contributed by atoms with Crippen LogP contribution in [0.25, 0.3) is 5.69 Å². The fraction of sp³-hybridized carbons (Fsp3) is 0.593. The number of carbonyl (C=O) groups excluding carboxylic acids is 1. The Morgan fingerprint density at radius 2 is 1.79 bits per heavy atom. The Morgan fingerprint density at radius 3 is 2.52 bits per heavy atom. The average Bonchev–Trinajstić information content (AvgIpc) is 3.14. The summed E-state index contributed by atoms with van der Waals surface area (Å²) in [6.07, 6.45) is 12.5. The predicted octanol–water partition coefficient (Wildman–Crippen LogP) is 5.18. The molecule has 1 aliphatic heterocycles. The van der Waals surface area contributed by atoms with Gasteiger partial charge in [-0.05, 0) is 81.2 Å². The zero-order chi connectivity index (χ0) is 23.6. The van der Waals surface area contributed by atoms with Gasteiger partial charge in [0, 0.05) is 40.1 Å². The van der Waals surface area contributed by atoms with Crippen molar-refractivity contribution in [3.63, 3.8) is 0 Å².